The molecule has 13 heavy (non-hydrogen) atoms. The highest BCUT2D eigenvalue weighted by molar-refractivity contribution is 5.64. The molecule has 1 rings (SSSR count). The van der Waals surface area contributed by atoms with E-state index in [2.05, 4.69) is 19.9 Å². The molecule has 0 saturated carbocycles. The first-order valence-corrected chi connectivity index (χ1v) is 3.82. The van der Waals surface area contributed by atoms with E-state index in [0.717, 1.165) is 0 Å². The maximum absolute atomic E-state index is 10.0. The molecule has 0 aromatic heterocycles. The fraction of sp³-hybridized carbons (Fsp3) is 0.714. The maximum atomic E-state index is 10.0. The van der Waals surface area contributed by atoms with E-state index >= 15 is 0 Å². The van der Waals surface area contributed by atoms with E-state index in [1.54, 1.807) is 13.8 Å². The number of nitrogens with two attached hydrogens (primary N) is 1. The smallest absolute Gasteiger partial charge is 0.450 e. The van der Waals surface area contributed by atoms with Gasteiger partial charge in [0.15, 0.2) is 0 Å². The average Bonchev–Trinajstić information content (AvgIpc) is 2.35. The molecule has 1 amide bonds. The molecule has 0 aromatic rings. The minimum Gasteiger partial charge on any atom is -0.450 e. The third-order valence-corrected chi connectivity index (χ3v) is 1.02. The van der Waals surface area contributed by atoms with Crippen molar-refractivity contribution in [2.75, 3.05) is 13.2 Å². The summed E-state index contributed by atoms with van der Waals surface area (Å²) < 4.78 is 13.1. The van der Waals surface area contributed by atoms with Crippen LogP contribution in [-0.2, 0) is 14.2 Å². The maximum Gasteiger partial charge on any atom is 0.508 e. The third-order valence-electron chi connectivity index (χ3n) is 1.02. The predicted molar refractivity (Wildman–Crippen MR) is 43.1 cm³/mol. The van der Waals surface area contributed by atoms with Gasteiger partial charge in [0.1, 0.15) is 12.7 Å². The summed E-state index contributed by atoms with van der Waals surface area (Å²) in [5, 5.41) is 0. The molecule has 2 N–H and O–H groups in total. The van der Waals surface area contributed by atoms with Gasteiger partial charge < -0.3 is 19.9 Å². The van der Waals surface area contributed by atoms with Gasteiger partial charge in [-0.2, -0.15) is 0 Å². The largest absolute Gasteiger partial charge is 0.508 e. The van der Waals surface area contributed by atoms with Crippen molar-refractivity contribution in [3.63, 3.8) is 0 Å². The van der Waals surface area contributed by atoms with Crippen LogP contribution in [0.25, 0.3) is 0 Å². The number of primary amides is 1. The number of ether oxygens (including phenoxy) is 3. The number of hydrogen-bond acceptors (Lipinski definition) is 5. The van der Waals surface area contributed by atoms with E-state index in [4.69, 9.17) is 0 Å². The minimum absolute atomic E-state index is 0.0486. The number of hydrogen-bond donors (Lipinski definition) is 1. The fourth-order valence-corrected chi connectivity index (χ4v) is 0.560. The Labute approximate surface area is 75.9 Å². The number of amides is 1. The standard InChI is InChI=1S/C4H6O3.C3H7NO2/c1-3-2-6-4(5)7-3;1-2-6-3(4)5/h3H,2H2,1H3;2H2,1H3,(H2,4,5). The zero-order valence-electron chi connectivity index (χ0n) is 7.61. The van der Waals surface area contributed by atoms with E-state index in [1.165, 1.54) is 0 Å². The second-order valence-electron chi connectivity index (χ2n) is 2.24. The molecule has 1 atom stereocenters. The molecule has 0 radical (unpaired) electrons. The lowest BCUT2D eigenvalue weighted by atomic mass is 10.5. The lowest BCUT2D eigenvalue weighted by Gasteiger charge is -1.90. The highest BCUT2D eigenvalue weighted by Gasteiger charge is 2.19. The van der Waals surface area contributed by atoms with Crippen molar-refractivity contribution >= 4 is 12.2 Å². The fourth-order valence-electron chi connectivity index (χ4n) is 0.560. The van der Waals surface area contributed by atoms with Crippen molar-refractivity contribution in [1.29, 1.82) is 0 Å². The summed E-state index contributed by atoms with van der Waals surface area (Å²) in [5.41, 5.74) is 4.54. The first kappa shape index (κ1) is 11.5. The van der Waals surface area contributed by atoms with E-state index in [9.17, 15) is 9.59 Å². The molecular formula is C7H13NO5. The van der Waals surface area contributed by atoms with Crippen molar-refractivity contribution in [3.8, 4) is 0 Å². The molecule has 6 heteroatoms. The molecule has 1 aliphatic heterocycles. The summed E-state index contributed by atoms with van der Waals surface area (Å²) in [6.45, 7) is 4.24. The van der Waals surface area contributed by atoms with Crippen LogP contribution in [-0.4, -0.2) is 31.6 Å². The van der Waals surface area contributed by atoms with Crippen molar-refractivity contribution in [1.82, 2.24) is 0 Å². The minimum atomic E-state index is -0.711. The normalized spacial score (nSPS) is 19.2. The topological polar surface area (TPSA) is 87.8 Å². The van der Waals surface area contributed by atoms with E-state index in [0.29, 0.717) is 13.2 Å². The molecule has 0 spiro atoms. The van der Waals surface area contributed by atoms with Crippen molar-refractivity contribution < 1.29 is 23.8 Å². The highest BCUT2D eigenvalue weighted by atomic mass is 16.8. The van der Waals surface area contributed by atoms with Crippen LogP contribution in [0.15, 0.2) is 0 Å². The van der Waals surface area contributed by atoms with Crippen LogP contribution in [0.2, 0.25) is 0 Å². The average molecular weight is 191 g/mol. The lowest BCUT2D eigenvalue weighted by molar-refractivity contribution is 0.121. The first-order valence-electron chi connectivity index (χ1n) is 3.82. The number of cyclic esters (lactones) is 2. The Kier molecular flexibility index (Phi) is 5.42. The summed E-state index contributed by atoms with van der Waals surface area (Å²) in [4.78, 5) is 19.6. The van der Waals surface area contributed by atoms with E-state index in [1.807, 2.05) is 0 Å². The molecule has 1 fully saturated rings. The summed E-state index contributed by atoms with van der Waals surface area (Å²) >= 11 is 0. The van der Waals surface area contributed by atoms with Gasteiger partial charge in [-0.1, -0.05) is 0 Å². The third kappa shape index (κ3) is 6.92. The zero-order chi connectivity index (χ0) is 10.3. The highest BCUT2D eigenvalue weighted by Crippen LogP contribution is 2.02. The summed E-state index contributed by atoms with van der Waals surface area (Å²) in [6.07, 6.45) is -1.31. The molecule has 1 aliphatic rings. The monoisotopic (exact) mass is 191 g/mol. The summed E-state index contributed by atoms with van der Waals surface area (Å²) in [7, 11) is 0. The Bertz CT molecular complexity index is 182. The van der Waals surface area contributed by atoms with Crippen LogP contribution in [0, 0.1) is 0 Å². The van der Waals surface area contributed by atoms with Gasteiger partial charge in [-0.25, -0.2) is 9.59 Å². The Hall–Kier alpha value is -1.46. The van der Waals surface area contributed by atoms with Crippen LogP contribution >= 0.6 is 0 Å². The van der Waals surface area contributed by atoms with Gasteiger partial charge >= 0.3 is 12.2 Å². The second-order valence-corrected chi connectivity index (χ2v) is 2.24. The van der Waals surface area contributed by atoms with Crippen molar-refractivity contribution in [3.05, 3.63) is 0 Å². The van der Waals surface area contributed by atoms with Crippen LogP contribution in [0.5, 0.6) is 0 Å². The Morgan fingerprint density at radius 2 is 2.38 bits per heavy atom. The van der Waals surface area contributed by atoms with Gasteiger partial charge in [0.2, 0.25) is 0 Å². The van der Waals surface area contributed by atoms with E-state index < -0.39 is 12.2 Å². The first-order chi connectivity index (χ1) is 6.06. The summed E-state index contributed by atoms with van der Waals surface area (Å²) in [6, 6.07) is 0. The molecule has 1 unspecified atom stereocenters. The van der Waals surface area contributed by atoms with Gasteiger partial charge in [0.05, 0.1) is 6.61 Å². The molecule has 0 aromatic carbocycles. The molecule has 1 heterocycles. The van der Waals surface area contributed by atoms with Crippen LogP contribution in [0.3, 0.4) is 0 Å². The van der Waals surface area contributed by atoms with Crippen molar-refractivity contribution in [2.24, 2.45) is 5.73 Å². The van der Waals surface area contributed by atoms with Gasteiger partial charge in [-0.05, 0) is 13.8 Å². The number of rotatable bonds is 1. The zero-order valence-corrected chi connectivity index (χ0v) is 7.61. The summed E-state index contributed by atoms with van der Waals surface area (Å²) in [5.74, 6) is 0. The molecule has 0 aliphatic carbocycles. The quantitative estimate of drug-likeness (QED) is 0.614. The van der Waals surface area contributed by atoms with Gasteiger partial charge in [-0.15, -0.1) is 0 Å². The van der Waals surface area contributed by atoms with Gasteiger partial charge in [0, 0.05) is 0 Å². The number of carbonyl (C=O) groups excluding carboxylic acids is 2. The molecule has 6 nitrogen and oxygen atoms in total. The molecule has 76 valence electrons. The Balaban J connectivity index is 0.000000226. The lowest BCUT2D eigenvalue weighted by Crippen LogP contribution is -2.11. The predicted octanol–water partition coefficient (Wildman–Crippen LogP) is 0.643. The van der Waals surface area contributed by atoms with Crippen LogP contribution in [0.1, 0.15) is 13.8 Å². The van der Waals surface area contributed by atoms with Crippen LogP contribution in [0.4, 0.5) is 9.59 Å². The van der Waals surface area contributed by atoms with Gasteiger partial charge in [-0.3, -0.25) is 0 Å². The molecular weight excluding hydrogens is 178 g/mol. The number of carbonyl (C=O) groups is 2. The van der Waals surface area contributed by atoms with Crippen LogP contribution < -0.4 is 5.73 Å². The van der Waals surface area contributed by atoms with Crippen molar-refractivity contribution in [2.45, 2.75) is 20.0 Å². The molecule has 1 saturated heterocycles. The Morgan fingerprint density at radius 1 is 1.77 bits per heavy atom. The second kappa shape index (κ2) is 6.10. The van der Waals surface area contributed by atoms with Gasteiger partial charge in [0.25, 0.3) is 0 Å². The Morgan fingerprint density at radius 3 is 2.46 bits per heavy atom. The van der Waals surface area contributed by atoms with E-state index in [-0.39, 0.29) is 6.10 Å². The SMILES string of the molecule is CC1COC(=O)O1.CCOC(N)=O. The molecule has 0 bridgehead atoms.